The summed E-state index contributed by atoms with van der Waals surface area (Å²) in [5.74, 6) is -1.33. The number of aliphatic carboxylic acids is 1. The number of carboxylic acids is 1. The van der Waals surface area contributed by atoms with Crippen molar-refractivity contribution in [1.82, 2.24) is 0 Å². The van der Waals surface area contributed by atoms with Gasteiger partial charge in [0.1, 0.15) is 5.97 Å². The van der Waals surface area contributed by atoms with Crippen LogP contribution in [0.2, 0.25) is 0 Å². The Morgan fingerprint density at radius 1 is 1.07 bits per heavy atom. The van der Waals surface area contributed by atoms with E-state index >= 15 is 0 Å². The topological polar surface area (TPSA) is 120 Å². The molecule has 0 saturated carbocycles. The van der Waals surface area contributed by atoms with Gasteiger partial charge >= 0.3 is 0 Å². The largest absolute Gasteiger partial charge is 0.542 e. The summed E-state index contributed by atoms with van der Waals surface area (Å²) in [7, 11) is 3.26. The molecule has 156 valence electrons. The van der Waals surface area contributed by atoms with E-state index in [-0.39, 0.29) is 11.5 Å². The molecule has 1 aliphatic rings. The molecule has 0 atom stereocenters. The second kappa shape index (κ2) is 8.28. The van der Waals surface area contributed by atoms with E-state index in [2.05, 4.69) is 16.8 Å². The number of hydrogen-bond acceptors (Lipinski definition) is 7. The monoisotopic (exact) mass is 411 g/mol. The normalized spacial score (nSPS) is 11.6. The van der Waals surface area contributed by atoms with E-state index in [1.807, 2.05) is 12.1 Å². The van der Waals surface area contributed by atoms with Crippen molar-refractivity contribution in [2.75, 3.05) is 14.2 Å². The SMILES string of the molecule is CC(=O)C(=O)[O-].COc1ccc2cc3[n+](cc2c1OC)CCc1cc(O)c(O)cc1-3. The lowest BCUT2D eigenvalue weighted by atomic mass is 9.95. The van der Waals surface area contributed by atoms with Gasteiger partial charge in [-0.1, -0.05) is 0 Å². The maximum atomic E-state index is 9.87. The van der Waals surface area contributed by atoms with Crippen molar-refractivity contribution in [2.45, 2.75) is 19.9 Å². The van der Waals surface area contributed by atoms with Gasteiger partial charge in [-0.25, -0.2) is 0 Å². The number of ketones is 1. The van der Waals surface area contributed by atoms with E-state index < -0.39 is 11.8 Å². The fourth-order valence-corrected chi connectivity index (χ4v) is 3.40. The number of hydrogen-bond donors (Lipinski definition) is 2. The molecule has 0 aliphatic carbocycles. The highest BCUT2D eigenvalue weighted by atomic mass is 16.5. The average molecular weight is 411 g/mol. The van der Waals surface area contributed by atoms with Crippen molar-refractivity contribution in [3.8, 4) is 34.3 Å². The molecule has 2 N–H and O–H groups in total. The van der Waals surface area contributed by atoms with Crippen molar-refractivity contribution in [1.29, 1.82) is 0 Å². The molecule has 0 spiro atoms. The van der Waals surface area contributed by atoms with E-state index in [0.29, 0.717) is 11.5 Å². The first-order valence-corrected chi connectivity index (χ1v) is 9.12. The molecular formula is C22H21NO7. The number of ether oxygens (including phenoxy) is 2. The van der Waals surface area contributed by atoms with Gasteiger partial charge in [-0.2, -0.15) is 4.57 Å². The third kappa shape index (κ3) is 3.84. The van der Waals surface area contributed by atoms with Gasteiger partial charge in [-0.15, -0.1) is 0 Å². The number of aromatic hydroxyl groups is 2. The standard InChI is InChI=1S/C19H17NO4.C3H4O3/c1-23-18-4-3-11-7-15-13-9-17(22)16(21)8-12(13)5-6-20(15)10-14(11)19(18)24-2;1-2(4)3(5)6/h3-4,7-10,22H,5-6H2,1-2H3;1H3,(H,5,6). The number of aromatic nitrogens is 1. The minimum absolute atomic E-state index is 0.0746. The van der Waals surface area contributed by atoms with E-state index in [9.17, 15) is 24.9 Å². The molecule has 3 aromatic rings. The number of phenolic OH excluding ortho intramolecular Hbond substituents is 2. The number of rotatable bonds is 3. The molecule has 0 fully saturated rings. The zero-order valence-corrected chi connectivity index (χ0v) is 16.8. The maximum Gasteiger partial charge on any atom is 0.213 e. The van der Waals surface area contributed by atoms with Gasteiger partial charge < -0.3 is 29.6 Å². The Hall–Kier alpha value is -3.81. The number of carbonyl (C=O) groups excluding carboxylic acids is 2. The Kier molecular flexibility index (Phi) is 5.77. The Labute approximate surface area is 172 Å². The number of benzene rings is 2. The molecular weight excluding hydrogens is 390 g/mol. The molecule has 8 nitrogen and oxygen atoms in total. The van der Waals surface area contributed by atoms with Gasteiger partial charge in [-0.05, 0) is 35.2 Å². The number of carbonyl (C=O) groups is 2. The lowest BCUT2D eigenvalue weighted by Crippen LogP contribution is -2.40. The second-order valence-electron chi connectivity index (χ2n) is 6.75. The Bertz CT molecular complexity index is 1140. The number of pyridine rings is 1. The fraction of sp³-hybridized carbons (Fsp3) is 0.227. The highest BCUT2D eigenvalue weighted by Crippen LogP contribution is 2.39. The summed E-state index contributed by atoms with van der Waals surface area (Å²) in [6.07, 6.45) is 2.84. The first-order chi connectivity index (χ1) is 14.3. The first kappa shape index (κ1) is 20.9. The van der Waals surface area contributed by atoms with Crippen molar-refractivity contribution >= 4 is 22.5 Å². The van der Waals surface area contributed by atoms with E-state index in [1.165, 1.54) is 0 Å². The van der Waals surface area contributed by atoms with Gasteiger partial charge in [0.25, 0.3) is 0 Å². The van der Waals surface area contributed by atoms with Crippen LogP contribution in [-0.4, -0.2) is 36.2 Å². The number of methoxy groups -OCH3 is 2. The minimum atomic E-state index is -1.63. The van der Waals surface area contributed by atoms with Crippen LogP contribution in [-0.2, 0) is 22.6 Å². The van der Waals surface area contributed by atoms with Crippen LogP contribution < -0.4 is 19.1 Å². The number of carboxylic acid groups (broad SMARTS) is 1. The highest BCUT2D eigenvalue weighted by Gasteiger charge is 2.26. The molecule has 30 heavy (non-hydrogen) atoms. The smallest absolute Gasteiger partial charge is 0.213 e. The van der Waals surface area contributed by atoms with Crippen LogP contribution in [0.4, 0.5) is 0 Å². The zero-order valence-electron chi connectivity index (χ0n) is 16.8. The van der Waals surface area contributed by atoms with Crippen molar-refractivity contribution in [3.63, 3.8) is 0 Å². The lowest BCUT2D eigenvalue weighted by Gasteiger charge is -2.17. The molecule has 0 saturated heterocycles. The van der Waals surface area contributed by atoms with Crippen molar-refractivity contribution < 1.29 is 38.9 Å². The molecule has 0 unspecified atom stereocenters. The summed E-state index contributed by atoms with van der Waals surface area (Å²) in [5.41, 5.74) is 2.98. The van der Waals surface area contributed by atoms with Crippen LogP contribution in [0.1, 0.15) is 12.5 Å². The maximum absolute atomic E-state index is 9.87. The number of phenols is 2. The van der Waals surface area contributed by atoms with Crippen LogP contribution in [0.5, 0.6) is 23.0 Å². The molecule has 2 heterocycles. The predicted molar refractivity (Wildman–Crippen MR) is 105 cm³/mol. The fourth-order valence-electron chi connectivity index (χ4n) is 3.40. The zero-order chi connectivity index (χ0) is 22.0. The quantitative estimate of drug-likeness (QED) is 0.376. The third-order valence-electron chi connectivity index (χ3n) is 4.89. The summed E-state index contributed by atoms with van der Waals surface area (Å²) >= 11 is 0. The van der Waals surface area contributed by atoms with Crippen LogP contribution in [0.25, 0.3) is 22.0 Å². The van der Waals surface area contributed by atoms with Crippen LogP contribution in [0.3, 0.4) is 0 Å². The predicted octanol–water partition coefficient (Wildman–Crippen LogP) is 1.10. The van der Waals surface area contributed by atoms with Gasteiger partial charge in [-0.3, -0.25) is 4.79 Å². The number of nitrogens with zero attached hydrogens (tertiary/aromatic N) is 1. The molecule has 4 rings (SSSR count). The van der Waals surface area contributed by atoms with Crippen LogP contribution in [0.15, 0.2) is 36.5 Å². The van der Waals surface area contributed by atoms with E-state index in [1.54, 1.807) is 26.4 Å². The molecule has 1 aromatic heterocycles. The molecule has 0 amide bonds. The molecule has 8 heteroatoms. The van der Waals surface area contributed by atoms with Crippen molar-refractivity contribution in [2.24, 2.45) is 0 Å². The summed E-state index contributed by atoms with van der Waals surface area (Å²) < 4.78 is 13.1. The van der Waals surface area contributed by atoms with Crippen molar-refractivity contribution in [3.05, 3.63) is 42.1 Å². The van der Waals surface area contributed by atoms with Gasteiger partial charge in [0.05, 0.1) is 25.2 Å². The van der Waals surface area contributed by atoms with Gasteiger partial charge in [0.15, 0.2) is 41.5 Å². The Morgan fingerprint density at radius 3 is 2.33 bits per heavy atom. The first-order valence-electron chi connectivity index (χ1n) is 9.12. The lowest BCUT2D eigenvalue weighted by molar-refractivity contribution is -0.686. The molecule has 0 radical (unpaired) electrons. The Morgan fingerprint density at radius 2 is 1.73 bits per heavy atom. The molecule has 2 aromatic carbocycles. The summed E-state index contributed by atoms with van der Waals surface area (Å²) in [6.45, 7) is 1.73. The van der Waals surface area contributed by atoms with E-state index in [4.69, 9.17) is 9.47 Å². The highest BCUT2D eigenvalue weighted by molar-refractivity contribution is 6.30. The summed E-state index contributed by atoms with van der Waals surface area (Å²) in [5, 5.41) is 30.8. The minimum Gasteiger partial charge on any atom is -0.542 e. The van der Waals surface area contributed by atoms with E-state index in [0.717, 1.165) is 47.5 Å². The number of aryl methyl sites for hydroxylation is 2. The Balaban J connectivity index is 0.000000377. The number of fused-ring (bicyclic) bond motifs is 4. The third-order valence-corrected chi connectivity index (χ3v) is 4.89. The van der Waals surface area contributed by atoms with Crippen LogP contribution >= 0.6 is 0 Å². The average Bonchev–Trinajstić information content (AvgIpc) is 2.72. The second-order valence-corrected chi connectivity index (χ2v) is 6.75. The van der Waals surface area contributed by atoms with Crippen LogP contribution in [0, 0.1) is 0 Å². The van der Waals surface area contributed by atoms with Gasteiger partial charge in [0.2, 0.25) is 5.69 Å². The summed E-state index contributed by atoms with van der Waals surface area (Å²) in [6, 6.07) is 9.23. The number of Topliss-reactive ketones (excluding diaryl/α,β-unsaturated/α-hetero) is 1. The molecule has 0 bridgehead atoms. The summed E-state index contributed by atoms with van der Waals surface area (Å²) in [4.78, 5) is 18.7. The van der Waals surface area contributed by atoms with Gasteiger partial charge in [0, 0.05) is 19.4 Å². The molecule has 1 aliphatic heterocycles.